The Bertz CT molecular complexity index is 1120. The standard InChI is InChI=1S/C23H25N5O3S/c1-5-28-22(19-8-6-15(2)7-9-19)26-27-23(28)32-14-21(30)25-24-16(3)18-10-12-20(13-11-18)31-17(4)29/h6-13H,5,14H2,1-4H3,(H,25,30)/b24-16+. The number of aromatic nitrogens is 3. The van der Waals surface area contributed by atoms with Gasteiger partial charge in [0.15, 0.2) is 11.0 Å². The van der Waals surface area contributed by atoms with Crippen LogP contribution in [-0.2, 0) is 16.1 Å². The third-order valence-corrected chi connectivity index (χ3v) is 5.52. The van der Waals surface area contributed by atoms with E-state index in [1.165, 1.54) is 24.2 Å². The summed E-state index contributed by atoms with van der Waals surface area (Å²) in [5, 5.41) is 13.4. The molecule has 1 aromatic heterocycles. The molecule has 0 saturated carbocycles. The topological polar surface area (TPSA) is 98.5 Å². The Morgan fingerprint density at radius 2 is 1.75 bits per heavy atom. The lowest BCUT2D eigenvalue weighted by atomic mass is 10.1. The number of thioether (sulfide) groups is 1. The molecule has 0 unspecified atom stereocenters. The Hall–Kier alpha value is -3.46. The number of benzene rings is 2. The SMILES string of the molecule is CCn1c(SCC(=O)N/N=C(\C)c2ccc(OC(C)=O)cc2)nnc1-c1ccc(C)cc1. The smallest absolute Gasteiger partial charge is 0.308 e. The predicted molar refractivity (Wildman–Crippen MR) is 125 cm³/mol. The molecule has 0 aliphatic carbocycles. The van der Waals surface area contributed by atoms with Crippen LogP contribution >= 0.6 is 11.8 Å². The zero-order chi connectivity index (χ0) is 23.1. The first-order valence-corrected chi connectivity index (χ1v) is 11.1. The van der Waals surface area contributed by atoms with Gasteiger partial charge in [-0.2, -0.15) is 5.10 Å². The third-order valence-electron chi connectivity index (χ3n) is 4.56. The number of ether oxygens (including phenoxy) is 1. The second-order valence-electron chi connectivity index (χ2n) is 7.06. The maximum Gasteiger partial charge on any atom is 0.308 e. The van der Waals surface area contributed by atoms with Crippen molar-refractivity contribution in [2.24, 2.45) is 5.10 Å². The summed E-state index contributed by atoms with van der Waals surface area (Å²) >= 11 is 1.31. The molecule has 0 atom stereocenters. The number of hydrogen-bond acceptors (Lipinski definition) is 7. The average molecular weight is 452 g/mol. The van der Waals surface area contributed by atoms with Gasteiger partial charge in [0, 0.05) is 19.0 Å². The maximum atomic E-state index is 12.3. The average Bonchev–Trinajstić information content (AvgIpc) is 3.19. The minimum Gasteiger partial charge on any atom is -0.427 e. The van der Waals surface area contributed by atoms with E-state index in [0.717, 1.165) is 17.0 Å². The second kappa shape index (κ2) is 10.7. The molecule has 0 saturated heterocycles. The lowest BCUT2D eigenvalue weighted by Crippen LogP contribution is -2.21. The molecule has 1 amide bonds. The monoisotopic (exact) mass is 451 g/mol. The van der Waals surface area contributed by atoms with E-state index in [9.17, 15) is 9.59 Å². The molecule has 0 spiro atoms. The number of aryl methyl sites for hydroxylation is 1. The van der Waals surface area contributed by atoms with Crippen LogP contribution in [0.2, 0.25) is 0 Å². The molecule has 3 aromatic rings. The molecule has 9 heteroatoms. The van der Waals surface area contributed by atoms with Gasteiger partial charge in [0.1, 0.15) is 5.75 Å². The molecule has 2 aromatic carbocycles. The van der Waals surface area contributed by atoms with Crippen molar-refractivity contribution in [2.75, 3.05) is 5.75 Å². The van der Waals surface area contributed by atoms with Gasteiger partial charge in [-0.25, -0.2) is 5.43 Å². The largest absolute Gasteiger partial charge is 0.427 e. The Balaban J connectivity index is 1.59. The molecule has 1 heterocycles. The van der Waals surface area contributed by atoms with E-state index >= 15 is 0 Å². The summed E-state index contributed by atoms with van der Waals surface area (Å²) < 4.78 is 7.00. The molecule has 32 heavy (non-hydrogen) atoms. The molecular weight excluding hydrogens is 426 g/mol. The van der Waals surface area contributed by atoms with Crippen molar-refractivity contribution < 1.29 is 14.3 Å². The molecule has 0 bridgehead atoms. The maximum absolute atomic E-state index is 12.3. The number of carbonyl (C=O) groups is 2. The van der Waals surface area contributed by atoms with Gasteiger partial charge in [0.05, 0.1) is 11.5 Å². The summed E-state index contributed by atoms with van der Waals surface area (Å²) in [5.41, 5.74) is 6.18. The number of amides is 1. The lowest BCUT2D eigenvalue weighted by Gasteiger charge is -2.07. The van der Waals surface area contributed by atoms with Gasteiger partial charge < -0.3 is 9.30 Å². The molecule has 8 nitrogen and oxygen atoms in total. The van der Waals surface area contributed by atoms with Crippen molar-refractivity contribution in [3.05, 3.63) is 59.7 Å². The van der Waals surface area contributed by atoms with Crippen LogP contribution in [0.25, 0.3) is 11.4 Å². The highest BCUT2D eigenvalue weighted by atomic mass is 32.2. The van der Waals surface area contributed by atoms with Gasteiger partial charge in [0.2, 0.25) is 0 Å². The van der Waals surface area contributed by atoms with E-state index in [-0.39, 0.29) is 17.6 Å². The van der Waals surface area contributed by atoms with Gasteiger partial charge in [0.25, 0.3) is 5.91 Å². The molecule has 1 N–H and O–H groups in total. The first-order valence-electron chi connectivity index (χ1n) is 10.1. The van der Waals surface area contributed by atoms with E-state index in [0.29, 0.717) is 23.2 Å². The minimum atomic E-state index is -0.377. The van der Waals surface area contributed by atoms with E-state index < -0.39 is 0 Å². The van der Waals surface area contributed by atoms with Gasteiger partial charge in [-0.15, -0.1) is 10.2 Å². The summed E-state index contributed by atoms with van der Waals surface area (Å²) in [6.07, 6.45) is 0. The first kappa shape index (κ1) is 23.2. The fourth-order valence-electron chi connectivity index (χ4n) is 2.90. The van der Waals surface area contributed by atoms with Crippen molar-refractivity contribution >= 4 is 29.4 Å². The number of nitrogens with zero attached hydrogens (tertiary/aromatic N) is 4. The van der Waals surface area contributed by atoms with Crippen LogP contribution in [-0.4, -0.2) is 38.1 Å². The first-order chi connectivity index (χ1) is 15.4. The van der Waals surface area contributed by atoms with Crippen LogP contribution in [0.3, 0.4) is 0 Å². The minimum absolute atomic E-state index is 0.161. The summed E-state index contributed by atoms with van der Waals surface area (Å²) in [4.78, 5) is 23.3. The van der Waals surface area contributed by atoms with E-state index in [4.69, 9.17) is 4.74 Å². The van der Waals surface area contributed by atoms with E-state index in [1.807, 2.05) is 42.7 Å². The predicted octanol–water partition coefficient (Wildman–Crippen LogP) is 3.83. The number of rotatable bonds is 8. The van der Waals surface area contributed by atoms with Crippen molar-refractivity contribution in [1.82, 2.24) is 20.2 Å². The summed E-state index contributed by atoms with van der Waals surface area (Å²) in [7, 11) is 0. The van der Waals surface area contributed by atoms with Crippen LogP contribution in [0, 0.1) is 6.92 Å². The zero-order valence-electron chi connectivity index (χ0n) is 18.5. The van der Waals surface area contributed by atoms with Crippen LogP contribution in [0.1, 0.15) is 31.9 Å². The van der Waals surface area contributed by atoms with Crippen LogP contribution in [0.4, 0.5) is 0 Å². The Morgan fingerprint density at radius 3 is 2.38 bits per heavy atom. The molecule has 0 radical (unpaired) electrons. The van der Waals surface area contributed by atoms with Crippen LogP contribution < -0.4 is 10.2 Å². The van der Waals surface area contributed by atoms with Crippen LogP contribution in [0.15, 0.2) is 58.8 Å². The fourth-order valence-corrected chi connectivity index (χ4v) is 3.69. The number of hydrazone groups is 1. The molecule has 0 aliphatic heterocycles. The van der Waals surface area contributed by atoms with E-state index in [2.05, 4.69) is 20.7 Å². The quantitative estimate of drug-likeness (QED) is 0.184. The highest BCUT2D eigenvalue weighted by molar-refractivity contribution is 7.99. The number of nitrogens with one attached hydrogen (secondary N) is 1. The molecule has 0 aliphatic rings. The van der Waals surface area contributed by atoms with Gasteiger partial charge in [-0.1, -0.05) is 41.6 Å². The van der Waals surface area contributed by atoms with Crippen molar-refractivity contribution in [1.29, 1.82) is 0 Å². The van der Waals surface area contributed by atoms with Crippen molar-refractivity contribution in [3.63, 3.8) is 0 Å². The number of carbonyl (C=O) groups excluding carboxylic acids is 2. The normalized spacial score (nSPS) is 11.3. The van der Waals surface area contributed by atoms with Crippen molar-refractivity contribution in [3.8, 4) is 17.1 Å². The van der Waals surface area contributed by atoms with Crippen molar-refractivity contribution in [2.45, 2.75) is 39.4 Å². The Morgan fingerprint density at radius 1 is 1.06 bits per heavy atom. The van der Waals surface area contributed by atoms with Gasteiger partial charge in [-0.05, 0) is 50.6 Å². The lowest BCUT2D eigenvalue weighted by molar-refractivity contribution is -0.131. The van der Waals surface area contributed by atoms with Gasteiger partial charge >= 0.3 is 5.97 Å². The Labute approximate surface area is 191 Å². The molecule has 3 rings (SSSR count). The van der Waals surface area contributed by atoms with E-state index in [1.54, 1.807) is 31.2 Å². The third kappa shape index (κ3) is 6.04. The number of hydrogen-bond donors (Lipinski definition) is 1. The van der Waals surface area contributed by atoms with Gasteiger partial charge in [-0.3, -0.25) is 9.59 Å². The summed E-state index contributed by atoms with van der Waals surface area (Å²) in [5.74, 6) is 0.779. The number of esters is 1. The summed E-state index contributed by atoms with van der Waals surface area (Å²) in [6.45, 7) is 7.89. The molecule has 0 fully saturated rings. The Kier molecular flexibility index (Phi) is 7.77. The highest BCUT2D eigenvalue weighted by Gasteiger charge is 2.14. The fraction of sp³-hybridized carbons (Fsp3) is 0.261. The second-order valence-corrected chi connectivity index (χ2v) is 8.00. The summed E-state index contributed by atoms with van der Waals surface area (Å²) in [6, 6.07) is 15.0. The molecule has 166 valence electrons. The van der Waals surface area contributed by atoms with Crippen LogP contribution in [0.5, 0.6) is 5.75 Å². The molecular formula is C23H25N5O3S. The zero-order valence-corrected chi connectivity index (χ0v) is 19.3. The highest BCUT2D eigenvalue weighted by Crippen LogP contribution is 2.24.